The standard InChI is InChI=1S/C16H27N5/c1-7-17-14(9-15-8-11(2)18-21(15)6)10-16-12(3)19-20(5)13(16)4/h8,14,17H,7,9-10H2,1-6H3. The number of hydrogen-bond donors (Lipinski definition) is 1. The van der Waals surface area contributed by atoms with Crippen molar-refractivity contribution in [3.63, 3.8) is 0 Å². The number of hydrogen-bond acceptors (Lipinski definition) is 3. The normalized spacial score (nSPS) is 12.9. The first kappa shape index (κ1) is 15.8. The summed E-state index contributed by atoms with van der Waals surface area (Å²) in [6, 6.07) is 2.58. The summed E-state index contributed by atoms with van der Waals surface area (Å²) in [6.07, 6.45) is 1.99. The van der Waals surface area contributed by atoms with Gasteiger partial charge in [0.1, 0.15) is 0 Å². The van der Waals surface area contributed by atoms with Crippen LogP contribution < -0.4 is 5.32 Å². The summed E-state index contributed by atoms with van der Waals surface area (Å²) >= 11 is 0. The summed E-state index contributed by atoms with van der Waals surface area (Å²) in [4.78, 5) is 0. The Morgan fingerprint density at radius 2 is 1.81 bits per heavy atom. The van der Waals surface area contributed by atoms with Gasteiger partial charge in [-0.15, -0.1) is 0 Å². The second kappa shape index (κ2) is 6.43. The quantitative estimate of drug-likeness (QED) is 0.883. The van der Waals surface area contributed by atoms with Gasteiger partial charge in [-0.25, -0.2) is 0 Å². The molecule has 2 heterocycles. The topological polar surface area (TPSA) is 47.7 Å². The van der Waals surface area contributed by atoms with Crippen LogP contribution in [-0.4, -0.2) is 32.1 Å². The maximum atomic E-state index is 4.52. The minimum absolute atomic E-state index is 0.409. The molecule has 0 fully saturated rings. The third-order valence-electron chi connectivity index (χ3n) is 4.16. The van der Waals surface area contributed by atoms with E-state index in [9.17, 15) is 0 Å². The molecular weight excluding hydrogens is 262 g/mol. The first-order valence-electron chi connectivity index (χ1n) is 7.64. The van der Waals surface area contributed by atoms with Crippen LogP contribution in [0.5, 0.6) is 0 Å². The molecule has 1 unspecified atom stereocenters. The molecule has 2 aromatic heterocycles. The molecule has 0 aliphatic carbocycles. The Morgan fingerprint density at radius 3 is 2.29 bits per heavy atom. The van der Waals surface area contributed by atoms with Crippen LogP contribution in [0.3, 0.4) is 0 Å². The average molecular weight is 289 g/mol. The number of likely N-dealkylation sites (N-methyl/N-ethyl adjacent to an activating group) is 1. The Kier molecular flexibility index (Phi) is 4.83. The fourth-order valence-electron chi connectivity index (χ4n) is 2.97. The lowest BCUT2D eigenvalue weighted by Gasteiger charge is -2.18. The Balaban J connectivity index is 2.17. The highest BCUT2D eigenvalue weighted by Crippen LogP contribution is 2.16. The molecule has 1 N–H and O–H groups in total. The van der Waals surface area contributed by atoms with Crippen LogP contribution in [0.1, 0.15) is 35.3 Å². The number of nitrogens with one attached hydrogen (secondary N) is 1. The molecule has 0 aliphatic heterocycles. The molecule has 0 bridgehead atoms. The first-order chi connectivity index (χ1) is 9.92. The fraction of sp³-hybridized carbons (Fsp3) is 0.625. The van der Waals surface area contributed by atoms with E-state index >= 15 is 0 Å². The molecule has 21 heavy (non-hydrogen) atoms. The van der Waals surface area contributed by atoms with Crippen molar-refractivity contribution in [3.8, 4) is 0 Å². The molecule has 116 valence electrons. The predicted octanol–water partition coefficient (Wildman–Crippen LogP) is 1.84. The Bertz CT molecular complexity index is 608. The molecule has 0 aromatic carbocycles. The molecular formula is C16H27N5. The number of aryl methyl sites for hydroxylation is 4. The number of nitrogens with zero attached hydrogens (tertiary/aromatic N) is 4. The lowest BCUT2D eigenvalue weighted by Crippen LogP contribution is -2.34. The molecule has 0 radical (unpaired) electrons. The van der Waals surface area contributed by atoms with Crippen molar-refractivity contribution in [1.82, 2.24) is 24.9 Å². The summed E-state index contributed by atoms with van der Waals surface area (Å²) in [5.41, 5.74) is 6.12. The van der Waals surface area contributed by atoms with Crippen molar-refractivity contribution < 1.29 is 0 Å². The molecule has 5 heteroatoms. The van der Waals surface area contributed by atoms with E-state index in [0.717, 1.165) is 30.8 Å². The van der Waals surface area contributed by atoms with Crippen LogP contribution in [0.25, 0.3) is 0 Å². The fourth-order valence-corrected chi connectivity index (χ4v) is 2.97. The predicted molar refractivity (Wildman–Crippen MR) is 85.5 cm³/mol. The zero-order chi connectivity index (χ0) is 15.6. The summed E-state index contributed by atoms with van der Waals surface area (Å²) in [5, 5.41) is 12.6. The van der Waals surface area contributed by atoms with E-state index in [1.807, 2.05) is 30.4 Å². The van der Waals surface area contributed by atoms with Crippen LogP contribution in [0, 0.1) is 20.8 Å². The highest BCUT2D eigenvalue weighted by atomic mass is 15.3. The van der Waals surface area contributed by atoms with Gasteiger partial charge in [0.2, 0.25) is 0 Å². The second-order valence-electron chi connectivity index (χ2n) is 5.84. The molecule has 0 spiro atoms. The van der Waals surface area contributed by atoms with E-state index in [-0.39, 0.29) is 0 Å². The van der Waals surface area contributed by atoms with Crippen molar-refractivity contribution in [2.75, 3.05) is 6.54 Å². The van der Waals surface area contributed by atoms with Crippen molar-refractivity contribution in [1.29, 1.82) is 0 Å². The van der Waals surface area contributed by atoms with E-state index in [1.54, 1.807) is 0 Å². The maximum absolute atomic E-state index is 4.52. The van der Waals surface area contributed by atoms with Gasteiger partial charge >= 0.3 is 0 Å². The van der Waals surface area contributed by atoms with Gasteiger partial charge in [0.25, 0.3) is 0 Å². The van der Waals surface area contributed by atoms with Gasteiger partial charge in [-0.05, 0) is 45.4 Å². The van der Waals surface area contributed by atoms with Crippen molar-refractivity contribution in [2.45, 2.75) is 46.6 Å². The summed E-state index contributed by atoms with van der Waals surface area (Å²) in [5.74, 6) is 0. The second-order valence-corrected chi connectivity index (χ2v) is 5.84. The molecule has 1 atom stereocenters. The van der Waals surface area contributed by atoms with Gasteiger partial charge in [0.05, 0.1) is 11.4 Å². The van der Waals surface area contributed by atoms with Crippen LogP contribution in [0.15, 0.2) is 6.07 Å². The Hall–Kier alpha value is -1.62. The van der Waals surface area contributed by atoms with Crippen molar-refractivity contribution in [3.05, 3.63) is 34.4 Å². The van der Waals surface area contributed by atoms with Crippen LogP contribution in [0.4, 0.5) is 0 Å². The van der Waals surface area contributed by atoms with E-state index in [4.69, 9.17) is 0 Å². The van der Waals surface area contributed by atoms with Gasteiger partial charge in [0.15, 0.2) is 0 Å². The molecule has 0 saturated heterocycles. The zero-order valence-electron chi connectivity index (χ0n) is 14.1. The number of aromatic nitrogens is 4. The van der Waals surface area contributed by atoms with Gasteiger partial charge in [-0.3, -0.25) is 9.36 Å². The lowest BCUT2D eigenvalue weighted by atomic mass is 10.00. The Labute approximate surface area is 127 Å². The Morgan fingerprint density at radius 1 is 1.10 bits per heavy atom. The smallest absolute Gasteiger partial charge is 0.0628 e. The maximum Gasteiger partial charge on any atom is 0.0628 e. The van der Waals surface area contributed by atoms with Crippen molar-refractivity contribution in [2.24, 2.45) is 14.1 Å². The molecule has 0 aliphatic rings. The average Bonchev–Trinajstić information content (AvgIpc) is 2.83. The van der Waals surface area contributed by atoms with E-state index < -0.39 is 0 Å². The van der Waals surface area contributed by atoms with Crippen LogP contribution in [0.2, 0.25) is 0 Å². The summed E-state index contributed by atoms with van der Waals surface area (Å²) in [7, 11) is 4.03. The van der Waals surface area contributed by atoms with E-state index in [2.05, 4.69) is 42.4 Å². The molecule has 2 aromatic rings. The van der Waals surface area contributed by atoms with Crippen LogP contribution >= 0.6 is 0 Å². The van der Waals surface area contributed by atoms with Gasteiger partial charge in [-0.1, -0.05) is 6.92 Å². The molecule has 2 rings (SSSR count). The third kappa shape index (κ3) is 3.53. The highest BCUT2D eigenvalue weighted by molar-refractivity contribution is 5.26. The largest absolute Gasteiger partial charge is 0.314 e. The lowest BCUT2D eigenvalue weighted by molar-refractivity contribution is 0.503. The monoisotopic (exact) mass is 289 g/mol. The van der Waals surface area contributed by atoms with E-state index in [0.29, 0.717) is 6.04 Å². The zero-order valence-corrected chi connectivity index (χ0v) is 14.1. The van der Waals surface area contributed by atoms with Gasteiger partial charge in [-0.2, -0.15) is 10.2 Å². The number of rotatable bonds is 6. The highest BCUT2D eigenvalue weighted by Gasteiger charge is 2.17. The minimum atomic E-state index is 0.409. The first-order valence-corrected chi connectivity index (χ1v) is 7.64. The summed E-state index contributed by atoms with van der Waals surface area (Å²) in [6.45, 7) is 9.41. The van der Waals surface area contributed by atoms with E-state index in [1.165, 1.54) is 17.0 Å². The third-order valence-corrected chi connectivity index (χ3v) is 4.16. The molecule has 0 saturated carbocycles. The minimum Gasteiger partial charge on any atom is -0.314 e. The van der Waals surface area contributed by atoms with Crippen molar-refractivity contribution >= 4 is 0 Å². The van der Waals surface area contributed by atoms with Crippen LogP contribution in [-0.2, 0) is 26.9 Å². The summed E-state index contributed by atoms with van der Waals surface area (Å²) < 4.78 is 3.96. The van der Waals surface area contributed by atoms with Gasteiger partial charge < -0.3 is 5.32 Å². The molecule has 0 amide bonds. The molecule has 5 nitrogen and oxygen atoms in total. The SMILES string of the molecule is CCNC(Cc1c(C)nn(C)c1C)Cc1cc(C)nn1C. The van der Waals surface area contributed by atoms with Gasteiger partial charge in [0, 0.05) is 37.9 Å².